The molecule has 1 fully saturated rings. The zero-order valence-electron chi connectivity index (χ0n) is 19.7. The number of rotatable bonds is 9. The number of anilines is 2. The molecule has 1 aromatic carbocycles. The van der Waals surface area contributed by atoms with Gasteiger partial charge in [0.05, 0.1) is 17.0 Å². The van der Waals surface area contributed by atoms with Gasteiger partial charge in [0.15, 0.2) is 0 Å². The molecule has 0 saturated heterocycles. The summed E-state index contributed by atoms with van der Waals surface area (Å²) < 4.78 is 5.22. The monoisotopic (exact) mass is 470 g/mol. The first-order valence-electron chi connectivity index (χ1n) is 11.9. The molecule has 0 aliphatic heterocycles. The molecule has 1 aliphatic rings. The number of benzene rings is 1. The van der Waals surface area contributed by atoms with Crippen molar-refractivity contribution in [2.45, 2.75) is 65.7 Å². The van der Waals surface area contributed by atoms with Crippen molar-refractivity contribution in [1.82, 2.24) is 0 Å². The highest BCUT2D eigenvalue weighted by Gasteiger charge is 2.30. The molecule has 0 unspecified atom stereocenters. The Labute approximate surface area is 200 Å². The summed E-state index contributed by atoms with van der Waals surface area (Å²) >= 11 is 1.13. The predicted molar refractivity (Wildman–Crippen MR) is 133 cm³/mol. The van der Waals surface area contributed by atoms with Crippen molar-refractivity contribution < 1.29 is 19.1 Å². The van der Waals surface area contributed by atoms with E-state index in [1.54, 1.807) is 26.0 Å². The van der Waals surface area contributed by atoms with Crippen molar-refractivity contribution in [2.75, 3.05) is 17.2 Å². The van der Waals surface area contributed by atoms with Crippen molar-refractivity contribution >= 4 is 39.8 Å². The molecule has 1 heterocycles. The summed E-state index contributed by atoms with van der Waals surface area (Å²) in [6.45, 7) is 5.88. The van der Waals surface area contributed by atoms with E-state index in [1.165, 1.54) is 19.3 Å². The molecule has 0 radical (unpaired) electrons. The van der Waals surface area contributed by atoms with Crippen LogP contribution in [0.5, 0.6) is 0 Å². The molecular formula is C26H34N2O4S. The van der Waals surface area contributed by atoms with Crippen LogP contribution in [0.2, 0.25) is 0 Å². The number of unbranched alkanes of at least 4 members (excludes halogenated alkanes) is 1. The fourth-order valence-corrected chi connectivity index (χ4v) is 5.49. The van der Waals surface area contributed by atoms with Crippen LogP contribution in [-0.2, 0) is 9.53 Å². The number of para-hydroxylation sites is 1. The van der Waals surface area contributed by atoms with Crippen LogP contribution in [0.3, 0.4) is 0 Å². The van der Waals surface area contributed by atoms with Gasteiger partial charge >= 0.3 is 5.97 Å². The lowest BCUT2D eigenvalue weighted by atomic mass is 9.79. The molecular weight excluding hydrogens is 436 g/mol. The van der Waals surface area contributed by atoms with E-state index in [4.69, 9.17) is 4.74 Å². The van der Waals surface area contributed by atoms with Crippen molar-refractivity contribution in [3.05, 3.63) is 46.3 Å². The minimum absolute atomic E-state index is 0.0677. The molecule has 2 N–H and O–H groups in total. The number of hydrogen-bond acceptors (Lipinski definition) is 5. The molecule has 2 amide bonds. The van der Waals surface area contributed by atoms with E-state index in [2.05, 4.69) is 17.6 Å². The smallest absolute Gasteiger partial charge is 0.341 e. The van der Waals surface area contributed by atoms with Gasteiger partial charge in [0, 0.05) is 11.6 Å². The summed E-state index contributed by atoms with van der Waals surface area (Å²) in [6, 6.07) is 9.14. The highest BCUT2D eigenvalue weighted by Crippen LogP contribution is 2.37. The number of amides is 2. The Morgan fingerprint density at radius 2 is 1.73 bits per heavy atom. The fraction of sp³-hybridized carbons (Fsp3) is 0.500. The second-order valence-corrected chi connectivity index (χ2v) is 9.67. The third kappa shape index (κ3) is 6.44. The molecule has 1 saturated carbocycles. The molecule has 0 spiro atoms. The molecule has 178 valence electrons. The van der Waals surface area contributed by atoms with Crippen LogP contribution in [0.1, 0.15) is 84.4 Å². The van der Waals surface area contributed by atoms with Gasteiger partial charge in [0.25, 0.3) is 5.91 Å². The van der Waals surface area contributed by atoms with Crippen molar-refractivity contribution in [3.8, 4) is 0 Å². The second-order valence-electron chi connectivity index (χ2n) is 8.65. The summed E-state index contributed by atoms with van der Waals surface area (Å²) in [5.74, 6) is -0.274. The lowest BCUT2D eigenvalue weighted by molar-refractivity contribution is -0.121. The maximum atomic E-state index is 13.0. The number of thiophene rings is 1. The molecule has 3 rings (SSSR count). The van der Waals surface area contributed by atoms with E-state index in [-0.39, 0.29) is 29.9 Å². The summed E-state index contributed by atoms with van der Waals surface area (Å²) in [6.07, 6.45) is 7.54. The molecule has 33 heavy (non-hydrogen) atoms. The molecule has 6 nitrogen and oxygen atoms in total. The summed E-state index contributed by atoms with van der Waals surface area (Å²) in [7, 11) is 0. The Kier molecular flexibility index (Phi) is 9.06. The standard InChI is InChI=1S/C26H34N2O4S/c1-4-6-10-18-13-15-19(16-14-18)23(29)28-25-21(26(31)32-5-2)17(3)22(33-25)24(30)27-20-11-8-7-9-12-20/h7-9,11-12,18-19H,4-6,10,13-16H2,1-3H3,(H,27,30)(H,28,29). The zero-order chi connectivity index (χ0) is 23.8. The van der Waals surface area contributed by atoms with Gasteiger partial charge < -0.3 is 15.4 Å². The van der Waals surface area contributed by atoms with Gasteiger partial charge in [-0.15, -0.1) is 11.3 Å². The quantitative estimate of drug-likeness (QED) is 0.414. The van der Waals surface area contributed by atoms with Crippen LogP contribution in [0.25, 0.3) is 0 Å². The van der Waals surface area contributed by atoms with Gasteiger partial charge in [-0.1, -0.05) is 44.4 Å². The first-order valence-corrected chi connectivity index (χ1v) is 12.7. The molecule has 2 aromatic rings. The van der Waals surface area contributed by atoms with E-state index in [9.17, 15) is 14.4 Å². The van der Waals surface area contributed by atoms with Crippen LogP contribution < -0.4 is 10.6 Å². The Balaban J connectivity index is 1.76. The molecule has 0 bridgehead atoms. The van der Waals surface area contributed by atoms with Gasteiger partial charge in [-0.2, -0.15) is 0 Å². The van der Waals surface area contributed by atoms with E-state index in [1.807, 2.05) is 18.2 Å². The predicted octanol–water partition coefficient (Wildman–Crippen LogP) is 6.42. The third-order valence-electron chi connectivity index (χ3n) is 6.28. The van der Waals surface area contributed by atoms with Crippen LogP contribution >= 0.6 is 11.3 Å². The minimum atomic E-state index is -0.524. The molecule has 1 aromatic heterocycles. The second kappa shape index (κ2) is 12.0. The lowest BCUT2D eigenvalue weighted by Gasteiger charge is -2.27. The topological polar surface area (TPSA) is 84.5 Å². The van der Waals surface area contributed by atoms with Gasteiger partial charge in [-0.25, -0.2) is 4.79 Å². The Morgan fingerprint density at radius 1 is 1.03 bits per heavy atom. The van der Waals surface area contributed by atoms with E-state index >= 15 is 0 Å². The number of hydrogen-bond donors (Lipinski definition) is 2. The van der Waals surface area contributed by atoms with Crippen molar-refractivity contribution in [2.24, 2.45) is 11.8 Å². The molecule has 7 heteroatoms. The first kappa shape index (κ1) is 25.0. The summed E-state index contributed by atoms with van der Waals surface area (Å²) in [5, 5.41) is 6.20. The van der Waals surface area contributed by atoms with Gasteiger partial charge in [0.1, 0.15) is 5.00 Å². The van der Waals surface area contributed by atoms with Gasteiger partial charge in [-0.3, -0.25) is 9.59 Å². The van der Waals surface area contributed by atoms with Crippen molar-refractivity contribution in [1.29, 1.82) is 0 Å². The van der Waals surface area contributed by atoms with Gasteiger partial charge in [0.2, 0.25) is 5.91 Å². The van der Waals surface area contributed by atoms with Crippen LogP contribution in [0.15, 0.2) is 30.3 Å². The lowest BCUT2D eigenvalue weighted by Crippen LogP contribution is -2.27. The third-order valence-corrected chi connectivity index (χ3v) is 7.49. The average molecular weight is 471 g/mol. The average Bonchev–Trinajstić information content (AvgIpc) is 3.14. The van der Waals surface area contributed by atoms with Gasteiger partial charge in [-0.05, 0) is 63.1 Å². The van der Waals surface area contributed by atoms with Crippen LogP contribution in [0.4, 0.5) is 10.7 Å². The normalized spacial score (nSPS) is 17.9. The number of carbonyl (C=O) groups is 3. The minimum Gasteiger partial charge on any atom is -0.462 e. The Morgan fingerprint density at radius 3 is 2.36 bits per heavy atom. The molecule has 1 aliphatic carbocycles. The highest BCUT2D eigenvalue weighted by molar-refractivity contribution is 7.19. The van der Waals surface area contributed by atoms with Crippen LogP contribution in [-0.4, -0.2) is 24.4 Å². The van der Waals surface area contributed by atoms with E-state index in [0.29, 0.717) is 27.0 Å². The van der Waals surface area contributed by atoms with E-state index < -0.39 is 5.97 Å². The first-order chi connectivity index (χ1) is 15.9. The zero-order valence-corrected chi connectivity index (χ0v) is 20.6. The maximum absolute atomic E-state index is 13.0. The number of ether oxygens (including phenoxy) is 1. The largest absolute Gasteiger partial charge is 0.462 e. The fourth-order valence-electron chi connectivity index (χ4n) is 4.40. The number of carbonyl (C=O) groups excluding carboxylic acids is 3. The SMILES string of the molecule is CCCCC1CCC(C(=O)Nc2sc(C(=O)Nc3ccccc3)c(C)c2C(=O)OCC)CC1. The Hall–Kier alpha value is -2.67. The highest BCUT2D eigenvalue weighted by atomic mass is 32.1. The number of esters is 1. The van der Waals surface area contributed by atoms with Crippen molar-refractivity contribution in [3.63, 3.8) is 0 Å². The summed E-state index contributed by atoms with van der Waals surface area (Å²) in [4.78, 5) is 39.0. The Bertz CT molecular complexity index is 962. The maximum Gasteiger partial charge on any atom is 0.341 e. The molecule has 0 atom stereocenters. The number of nitrogens with one attached hydrogen (secondary N) is 2. The van der Waals surface area contributed by atoms with E-state index in [0.717, 1.165) is 37.0 Å². The summed E-state index contributed by atoms with van der Waals surface area (Å²) in [5.41, 5.74) is 1.45. The van der Waals surface area contributed by atoms with Crippen LogP contribution in [0, 0.1) is 18.8 Å².